The second-order valence-corrected chi connectivity index (χ2v) is 20.6. The van der Waals surface area contributed by atoms with Crippen LogP contribution in [-0.2, 0) is 20.5 Å². The zero-order valence-electron chi connectivity index (χ0n) is 41.4. The third-order valence-corrected chi connectivity index (χ3v) is 14.9. The molecule has 1 aliphatic heterocycles. The highest BCUT2D eigenvalue weighted by molar-refractivity contribution is 6.48. The zero-order valence-corrected chi connectivity index (χ0v) is 41.4. The minimum Gasteiger partial charge on any atom is -0.508 e. The first kappa shape index (κ1) is 49.9. The van der Waals surface area contributed by atoms with Crippen LogP contribution in [0.2, 0.25) is 5.82 Å². The molecule has 0 unspecified atom stereocenters. The Kier molecular flexibility index (Phi) is 14.6. The largest absolute Gasteiger partial charge is 0.508 e. The third-order valence-electron chi connectivity index (χ3n) is 14.9. The van der Waals surface area contributed by atoms with Gasteiger partial charge in [0.25, 0.3) is 17.7 Å². The lowest BCUT2D eigenvalue weighted by Gasteiger charge is -2.65. The summed E-state index contributed by atoms with van der Waals surface area (Å²) < 4.78 is 15.8. The molecule has 70 heavy (non-hydrogen) atoms. The second kappa shape index (κ2) is 20.5. The molecule has 3 aromatic carbocycles. The van der Waals surface area contributed by atoms with E-state index in [1.165, 1.54) is 29.2 Å². The summed E-state index contributed by atoms with van der Waals surface area (Å²) in [6.07, 6.45) is 7.53. The van der Waals surface area contributed by atoms with Crippen molar-refractivity contribution in [2.45, 2.75) is 116 Å². The average molecular weight is 953 g/mol. The summed E-state index contributed by atoms with van der Waals surface area (Å²) >= 11 is 0. The van der Waals surface area contributed by atoms with Gasteiger partial charge in [0, 0.05) is 62.1 Å². The van der Waals surface area contributed by atoms with E-state index in [1.807, 2.05) is 44.2 Å². The van der Waals surface area contributed by atoms with Crippen LogP contribution < -0.4 is 10.6 Å². The lowest BCUT2D eigenvalue weighted by Crippen LogP contribution is -2.67. The number of carbonyl (C=O) groups is 4. The van der Waals surface area contributed by atoms with E-state index in [9.17, 15) is 29.4 Å². The van der Waals surface area contributed by atoms with E-state index in [4.69, 9.17) is 9.31 Å². The van der Waals surface area contributed by atoms with Gasteiger partial charge >= 0.3 is 7.12 Å². The number of aromatic hydroxyl groups is 2. The number of rotatable bonds is 19. The normalized spacial score (nSPS) is 20.9. The number of nitrogens with one attached hydrogen (secondary N) is 2. The molecule has 4 N–H and O–H groups in total. The molecule has 0 radical (unpaired) electrons. The highest BCUT2D eigenvalue weighted by Gasteiger charge is 2.70. The molecule has 9 rings (SSSR count). The van der Waals surface area contributed by atoms with Crippen LogP contribution in [-0.4, -0.2) is 108 Å². The maximum atomic E-state index is 14.5. The number of aromatic nitrogens is 5. The Morgan fingerprint density at radius 2 is 1.69 bits per heavy atom. The average Bonchev–Trinajstić information content (AvgIpc) is 3.96. The van der Waals surface area contributed by atoms with Gasteiger partial charge in [0.2, 0.25) is 5.82 Å². The SMILES string of the molecule is CCNC(=O)c1nnc(-c2cc(C(C)C)c(O)cc2O)n1-c1ccc(C(=O)N(C)CC[C@]23OB([C@@H](CC(=O)[C@H](Cc4ccccc4)NC(=O)c4cnccn4)CC(C)C)O[C@H]2C[C@H]2C[C@@H]3C2(C)C)cc1. The molecule has 4 fully saturated rings. The second-order valence-electron chi connectivity index (χ2n) is 20.6. The summed E-state index contributed by atoms with van der Waals surface area (Å²) in [6, 6.07) is 18.5. The van der Waals surface area contributed by atoms with Crippen LogP contribution in [0.5, 0.6) is 11.5 Å². The minimum absolute atomic E-state index is 0.0108. The Balaban J connectivity index is 1.01. The van der Waals surface area contributed by atoms with Crippen LogP contribution in [0.4, 0.5) is 0 Å². The fourth-order valence-electron chi connectivity index (χ4n) is 11.0. The Labute approximate surface area is 410 Å². The molecule has 17 heteroatoms. The summed E-state index contributed by atoms with van der Waals surface area (Å²) in [5.41, 5.74) is 2.12. The van der Waals surface area contributed by atoms with E-state index in [0.29, 0.717) is 55.1 Å². The molecule has 2 aromatic heterocycles. The highest BCUT2D eigenvalue weighted by Crippen LogP contribution is 2.67. The van der Waals surface area contributed by atoms with Gasteiger partial charge in [-0.2, -0.15) is 0 Å². The van der Waals surface area contributed by atoms with Crippen molar-refractivity contribution in [3.05, 3.63) is 114 Å². The molecular weight excluding hydrogens is 887 g/mol. The fourth-order valence-corrected chi connectivity index (χ4v) is 11.0. The summed E-state index contributed by atoms with van der Waals surface area (Å²) in [7, 11) is 1.11. The molecule has 3 heterocycles. The molecule has 368 valence electrons. The zero-order chi connectivity index (χ0) is 50.1. The Bertz CT molecular complexity index is 2700. The van der Waals surface area contributed by atoms with Crippen molar-refractivity contribution in [2.24, 2.45) is 23.2 Å². The molecule has 16 nitrogen and oxygen atoms in total. The molecule has 3 amide bonds. The number of ketones is 1. The summed E-state index contributed by atoms with van der Waals surface area (Å²) in [5.74, 6) is -0.897. The number of carbonyl (C=O) groups excluding carboxylic acids is 4. The monoisotopic (exact) mass is 953 g/mol. The summed E-state index contributed by atoms with van der Waals surface area (Å²) in [5, 5.41) is 35.8. The highest BCUT2D eigenvalue weighted by atomic mass is 16.7. The fraction of sp³-hybridized carbons (Fsp3) is 0.472. The predicted molar refractivity (Wildman–Crippen MR) is 264 cm³/mol. The Hall–Kier alpha value is -6.46. The van der Waals surface area contributed by atoms with Crippen molar-refractivity contribution >= 4 is 30.6 Å². The topological polar surface area (TPSA) is 211 Å². The van der Waals surface area contributed by atoms with Gasteiger partial charge in [-0.25, -0.2) is 4.98 Å². The van der Waals surface area contributed by atoms with Gasteiger partial charge in [0.1, 0.15) is 17.2 Å². The molecule has 5 aromatic rings. The number of hydrogen-bond donors (Lipinski definition) is 4. The molecule has 1 saturated heterocycles. The van der Waals surface area contributed by atoms with Crippen LogP contribution >= 0.6 is 0 Å². The maximum Gasteiger partial charge on any atom is 0.461 e. The Morgan fingerprint density at radius 3 is 2.34 bits per heavy atom. The number of nitrogens with zero attached hydrogens (tertiary/aromatic N) is 6. The molecule has 3 saturated carbocycles. The van der Waals surface area contributed by atoms with Crippen LogP contribution in [0, 0.1) is 23.2 Å². The molecule has 4 aliphatic rings. The third kappa shape index (κ3) is 9.95. The predicted octanol–water partition coefficient (Wildman–Crippen LogP) is 7.60. The summed E-state index contributed by atoms with van der Waals surface area (Å²) in [6.45, 7) is 15.2. The van der Waals surface area contributed by atoms with E-state index < -0.39 is 30.6 Å². The van der Waals surface area contributed by atoms with Gasteiger partial charge in [-0.1, -0.05) is 71.9 Å². The minimum atomic E-state index is -0.823. The van der Waals surface area contributed by atoms with Gasteiger partial charge in [-0.3, -0.25) is 28.7 Å². The number of benzene rings is 3. The maximum absolute atomic E-state index is 14.5. The van der Waals surface area contributed by atoms with Gasteiger partial charge in [0.05, 0.1) is 29.5 Å². The van der Waals surface area contributed by atoms with Gasteiger partial charge in [-0.05, 0) is 110 Å². The smallest absolute Gasteiger partial charge is 0.461 e. The standard InChI is InChI=1S/C53H65BN8O8/c1-9-56-50(67)48-60-59-47(39-28-38(32(4)5)42(63)29-43(39)64)62(48)37-17-15-34(16-18-37)51(68)61(8)22-19-53-45-25-35(52(45,6)7)26-46(53)69-54(70-53)36(23-31(2)3)27-44(65)40(24-33-13-11-10-12-14-33)58-49(66)41-30-55-20-21-57-41/h10-18,20-21,28-32,35-36,40,45-46,63-64H,9,19,22-27H2,1-8H3,(H,56,67)(H,58,66)/t35-,36-,40+,45-,46+,53-/m1/s1. The first-order valence-corrected chi connectivity index (χ1v) is 24.5. The lowest BCUT2D eigenvalue weighted by molar-refractivity contribution is -0.210. The number of phenolic OH excluding ortho intramolecular Hbond substituents is 2. The quantitative estimate of drug-likeness (QED) is 0.0590. The van der Waals surface area contributed by atoms with E-state index in [1.54, 1.807) is 49.2 Å². The molecular formula is C53H65BN8O8. The van der Waals surface area contributed by atoms with E-state index >= 15 is 0 Å². The van der Waals surface area contributed by atoms with Crippen LogP contribution in [0.3, 0.4) is 0 Å². The molecule has 0 spiro atoms. The van der Waals surface area contributed by atoms with E-state index in [0.717, 1.165) is 18.4 Å². The van der Waals surface area contributed by atoms with Crippen molar-refractivity contribution in [2.75, 3.05) is 20.1 Å². The van der Waals surface area contributed by atoms with Crippen molar-refractivity contribution in [1.82, 2.24) is 40.3 Å². The van der Waals surface area contributed by atoms with E-state index in [-0.39, 0.29) is 87.6 Å². The van der Waals surface area contributed by atoms with Crippen molar-refractivity contribution in [1.29, 1.82) is 0 Å². The summed E-state index contributed by atoms with van der Waals surface area (Å²) in [4.78, 5) is 65.3. The number of hydrogen-bond acceptors (Lipinski definition) is 12. The first-order valence-electron chi connectivity index (χ1n) is 24.5. The Morgan fingerprint density at radius 1 is 0.943 bits per heavy atom. The van der Waals surface area contributed by atoms with Crippen molar-refractivity contribution < 1.29 is 38.7 Å². The molecule has 3 aliphatic carbocycles. The van der Waals surface area contributed by atoms with Crippen LogP contribution in [0.25, 0.3) is 17.1 Å². The van der Waals surface area contributed by atoms with Crippen molar-refractivity contribution in [3.8, 4) is 28.6 Å². The van der Waals surface area contributed by atoms with Crippen LogP contribution in [0.15, 0.2) is 85.3 Å². The number of amides is 3. The van der Waals surface area contributed by atoms with Crippen LogP contribution in [0.1, 0.15) is 129 Å². The van der Waals surface area contributed by atoms with Gasteiger partial charge < -0.3 is 35.1 Å². The first-order chi connectivity index (χ1) is 33.4. The lowest BCUT2D eigenvalue weighted by atomic mass is 9.43. The molecule has 2 bridgehead atoms. The van der Waals surface area contributed by atoms with Gasteiger partial charge in [0.15, 0.2) is 11.6 Å². The number of Topliss-reactive ketones (excluding diaryl/α,β-unsaturated/α-hetero) is 1. The van der Waals surface area contributed by atoms with Gasteiger partial charge in [-0.15, -0.1) is 10.2 Å². The number of phenols is 2. The molecule has 6 atom stereocenters. The van der Waals surface area contributed by atoms with Crippen molar-refractivity contribution in [3.63, 3.8) is 0 Å². The van der Waals surface area contributed by atoms with E-state index in [2.05, 4.69) is 58.5 Å².